The number of rotatable bonds is 3. The van der Waals surface area contributed by atoms with Crippen molar-refractivity contribution < 1.29 is 4.79 Å². The van der Waals surface area contributed by atoms with E-state index < -0.39 is 0 Å². The lowest BCUT2D eigenvalue weighted by molar-refractivity contribution is 0.0927. The highest BCUT2D eigenvalue weighted by Crippen LogP contribution is 2.15. The third-order valence-electron chi connectivity index (χ3n) is 4.70. The van der Waals surface area contributed by atoms with Gasteiger partial charge in [-0.3, -0.25) is 14.0 Å². The van der Waals surface area contributed by atoms with Crippen LogP contribution in [0.25, 0.3) is 5.65 Å². The molecule has 1 aliphatic heterocycles. The molecule has 3 aromatic heterocycles. The predicted molar refractivity (Wildman–Crippen MR) is 97.4 cm³/mol. The number of anilines is 1. The number of hydrogen-bond acceptors (Lipinski definition) is 5. The Morgan fingerprint density at radius 1 is 1.27 bits per heavy atom. The molecule has 1 amide bonds. The fraction of sp³-hybridized carbons (Fsp3) is 0.333. The van der Waals surface area contributed by atoms with Crippen molar-refractivity contribution in [2.24, 2.45) is 7.05 Å². The molecule has 1 fully saturated rings. The molecular weight excluding hydrogens is 332 g/mol. The summed E-state index contributed by atoms with van der Waals surface area (Å²) in [5, 5.41) is 3.07. The van der Waals surface area contributed by atoms with E-state index in [1.54, 1.807) is 30.0 Å². The molecule has 3 aromatic rings. The highest BCUT2D eigenvalue weighted by Gasteiger charge is 2.25. The average molecular weight is 352 g/mol. The van der Waals surface area contributed by atoms with E-state index in [1.165, 1.54) is 4.57 Å². The quantitative estimate of drug-likeness (QED) is 0.755. The van der Waals surface area contributed by atoms with E-state index >= 15 is 0 Å². The Bertz CT molecular complexity index is 1010. The van der Waals surface area contributed by atoms with E-state index in [0.717, 1.165) is 25.0 Å². The first-order valence-electron chi connectivity index (χ1n) is 8.63. The Balaban J connectivity index is 1.51. The molecule has 1 N–H and O–H groups in total. The van der Waals surface area contributed by atoms with E-state index in [9.17, 15) is 9.59 Å². The average Bonchev–Trinajstić information content (AvgIpc) is 3.08. The Hall–Kier alpha value is -3.16. The van der Waals surface area contributed by atoms with E-state index in [4.69, 9.17) is 0 Å². The maximum absolute atomic E-state index is 12.7. The molecule has 0 saturated carbocycles. The summed E-state index contributed by atoms with van der Waals surface area (Å²) >= 11 is 0. The second-order valence-corrected chi connectivity index (χ2v) is 6.50. The SMILES string of the molecule is Cn1ccnc(N2CCC[C@H](NC(=O)c3cnc4ccccn34)C2)c1=O. The molecule has 1 atom stereocenters. The molecule has 0 spiro atoms. The van der Waals surface area contributed by atoms with E-state index in [2.05, 4.69) is 15.3 Å². The lowest BCUT2D eigenvalue weighted by atomic mass is 10.1. The molecule has 0 bridgehead atoms. The van der Waals surface area contributed by atoms with Crippen LogP contribution in [0.5, 0.6) is 0 Å². The number of carbonyl (C=O) groups is 1. The van der Waals surface area contributed by atoms with Crippen molar-refractivity contribution in [2.45, 2.75) is 18.9 Å². The molecule has 4 heterocycles. The van der Waals surface area contributed by atoms with Gasteiger partial charge in [-0.2, -0.15) is 0 Å². The number of aryl methyl sites for hydroxylation is 1. The van der Waals surface area contributed by atoms with Gasteiger partial charge in [0, 0.05) is 44.8 Å². The summed E-state index contributed by atoms with van der Waals surface area (Å²) in [5.41, 5.74) is 1.12. The normalized spacial score (nSPS) is 17.4. The zero-order valence-corrected chi connectivity index (χ0v) is 14.5. The molecule has 8 nitrogen and oxygen atoms in total. The molecule has 134 valence electrons. The maximum atomic E-state index is 12.7. The Labute approximate surface area is 150 Å². The van der Waals surface area contributed by atoms with Crippen molar-refractivity contribution in [1.29, 1.82) is 0 Å². The summed E-state index contributed by atoms with van der Waals surface area (Å²) in [6, 6.07) is 5.56. The van der Waals surface area contributed by atoms with Gasteiger partial charge in [0.25, 0.3) is 11.5 Å². The second-order valence-electron chi connectivity index (χ2n) is 6.50. The van der Waals surface area contributed by atoms with Crippen molar-refractivity contribution in [3.8, 4) is 0 Å². The zero-order valence-electron chi connectivity index (χ0n) is 14.5. The van der Waals surface area contributed by atoms with Crippen LogP contribution >= 0.6 is 0 Å². The summed E-state index contributed by atoms with van der Waals surface area (Å²) in [5.74, 6) is 0.272. The molecule has 1 saturated heterocycles. The minimum Gasteiger partial charge on any atom is -0.350 e. The number of nitrogens with one attached hydrogen (secondary N) is 1. The monoisotopic (exact) mass is 352 g/mol. The number of piperidine rings is 1. The number of fused-ring (bicyclic) bond motifs is 1. The molecule has 0 aliphatic carbocycles. The smallest absolute Gasteiger partial charge is 0.293 e. The predicted octanol–water partition coefficient (Wildman–Crippen LogP) is 0.827. The zero-order chi connectivity index (χ0) is 18.1. The first-order valence-corrected chi connectivity index (χ1v) is 8.63. The summed E-state index contributed by atoms with van der Waals surface area (Å²) in [7, 11) is 1.71. The van der Waals surface area contributed by atoms with Crippen LogP contribution in [-0.4, -0.2) is 44.0 Å². The topological polar surface area (TPSA) is 84.5 Å². The number of pyridine rings is 1. The summed E-state index contributed by atoms with van der Waals surface area (Å²) < 4.78 is 3.29. The van der Waals surface area contributed by atoms with Crippen molar-refractivity contribution >= 4 is 17.4 Å². The van der Waals surface area contributed by atoms with Gasteiger partial charge < -0.3 is 14.8 Å². The van der Waals surface area contributed by atoms with Crippen LogP contribution in [0, 0.1) is 0 Å². The molecule has 4 rings (SSSR count). The fourth-order valence-electron chi connectivity index (χ4n) is 3.35. The van der Waals surface area contributed by atoms with Crippen molar-refractivity contribution in [1.82, 2.24) is 24.3 Å². The summed E-state index contributed by atoms with van der Waals surface area (Å²) in [4.78, 5) is 35.4. The van der Waals surface area contributed by atoms with Gasteiger partial charge in [-0.05, 0) is 25.0 Å². The fourth-order valence-corrected chi connectivity index (χ4v) is 3.35. The number of nitrogens with zero attached hydrogens (tertiary/aromatic N) is 5. The van der Waals surface area contributed by atoms with Crippen LogP contribution in [0.3, 0.4) is 0 Å². The molecule has 0 radical (unpaired) electrons. The maximum Gasteiger partial charge on any atom is 0.293 e. The van der Waals surface area contributed by atoms with Gasteiger partial charge in [-0.25, -0.2) is 9.97 Å². The minimum absolute atomic E-state index is 0.0442. The largest absolute Gasteiger partial charge is 0.350 e. The minimum atomic E-state index is -0.163. The summed E-state index contributed by atoms with van der Waals surface area (Å²) in [6.45, 7) is 1.32. The van der Waals surface area contributed by atoms with Gasteiger partial charge in [0.05, 0.1) is 6.20 Å². The van der Waals surface area contributed by atoms with E-state index in [0.29, 0.717) is 18.1 Å². The molecule has 8 heteroatoms. The lowest BCUT2D eigenvalue weighted by Crippen LogP contribution is -2.49. The van der Waals surface area contributed by atoms with Gasteiger partial charge in [0.2, 0.25) is 0 Å². The molecule has 1 aliphatic rings. The second kappa shape index (κ2) is 6.62. The van der Waals surface area contributed by atoms with Crippen LogP contribution in [0.2, 0.25) is 0 Å². The van der Waals surface area contributed by atoms with Gasteiger partial charge in [0.15, 0.2) is 5.82 Å². The number of hydrogen-bond donors (Lipinski definition) is 1. The Morgan fingerprint density at radius 2 is 2.15 bits per heavy atom. The first kappa shape index (κ1) is 16.3. The highest BCUT2D eigenvalue weighted by atomic mass is 16.2. The molecule has 0 aromatic carbocycles. The number of amides is 1. The van der Waals surface area contributed by atoms with Crippen molar-refractivity contribution in [3.05, 3.63) is 59.0 Å². The van der Waals surface area contributed by atoms with Gasteiger partial charge in [-0.1, -0.05) is 6.07 Å². The van der Waals surface area contributed by atoms with E-state index in [1.807, 2.05) is 29.3 Å². The van der Waals surface area contributed by atoms with Crippen LogP contribution in [0.1, 0.15) is 23.3 Å². The highest BCUT2D eigenvalue weighted by molar-refractivity contribution is 5.93. The van der Waals surface area contributed by atoms with Gasteiger partial charge >= 0.3 is 0 Å². The van der Waals surface area contributed by atoms with Crippen LogP contribution in [0.4, 0.5) is 5.82 Å². The lowest BCUT2D eigenvalue weighted by Gasteiger charge is -2.33. The molecule has 26 heavy (non-hydrogen) atoms. The number of imidazole rings is 1. The molecule has 0 unspecified atom stereocenters. The molecular formula is C18H20N6O2. The summed E-state index contributed by atoms with van der Waals surface area (Å²) in [6.07, 6.45) is 8.42. The Kier molecular flexibility index (Phi) is 4.16. The van der Waals surface area contributed by atoms with Crippen LogP contribution in [-0.2, 0) is 7.05 Å². The van der Waals surface area contributed by atoms with Crippen molar-refractivity contribution in [2.75, 3.05) is 18.0 Å². The van der Waals surface area contributed by atoms with Gasteiger partial charge in [0.1, 0.15) is 11.3 Å². The van der Waals surface area contributed by atoms with Crippen LogP contribution in [0.15, 0.2) is 47.8 Å². The Morgan fingerprint density at radius 3 is 3.04 bits per heavy atom. The first-order chi connectivity index (χ1) is 12.6. The van der Waals surface area contributed by atoms with Crippen molar-refractivity contribution in [3.63, 3.8) is 0 Å². The number of carbonyl (C=O) groups excluding carboxylic acids is 1. The number of aromatic nitrogens is 4. The van der Waals surface area contributed by atoms with Gasteiger partial charge in [-0.15, -0.1) is 0 Å². The van der Waals surface area contributed by atoms with E-state index in [-0.39, 0.29) is 17.5 Å². The van der Waals surface area contributed by atoms with Crippen LogP contribution < -0.4 is 15.8 Å². The third-order valence-corrected chi connectivity index (χ3v) is 4.70. The third kappa shape index (κ3) is 2.94. The standard InChI is InChI=1S/C18H20N6O2/c1-22-10-7-19-16(18(22)26)23-8-4-5-13(12-23)21-17(25)14-11-20-15-6-2-3-9-24(14)15/h2-3,6-7,9-11,13H,4-5,8,12H2,1H3,(H,21,25)/t13-/m0/s1.